The van der Waals surface area contributed by atoms with Crippen molar-refractivity contribution in [1.29, 1.82) is 0 Å². The van der Waals surface area contributed by atoms with Crippen molar-refractivity contribution in [2.75, 3.05) is 36.5 Å². The molecule has 6 N–H and O–H groups in total. The van der Waals surface area contributed by atoms with Crippen LogP contribution in [0.15, 0.2) is 53.3 Å². The van der Waals surface area contributed by atoms with Crippen molar-refractivity contribution in [3.05, 3.63) is 64.4 Å². The average Bonchev–Trinajstić information content (AvgIpc) is 2.91. The van der Waals surface area contributed by atoms with E-state index < -0.39 is 53.8 Å². The summed E-state index contributed by atoms with van der Waals surface area (Å²) < 4.78 is 1.26. The largest absolute Gasteiger partial charge is 0.506 e. The van der Waals surface area contributed by atoms with Gasteiger partial charge in [-0.15, -0.1) is 0 Å². The number of hydrogen-bond donors (Lipinski definition) is 6. The summed E-state index contributed by atoms with van der Waals surface area (Å²) in [6, 6.07) is 13.6. The Morgan fingerprint density at radius 2 is 1.59 bits per heavy atom. The first-order valence-corrected chi connectivity index (χ1v) is 11.8. The highest BCUT2D eigenvalue weighted by Crippen LogP contribution is 2.35. The summed E-state index contributed by atoms with van der Waals surface area (Å²) in [5, 5.41) is 60.6. The van der Waals surface area contributed by atoms with Crippen molar-refractivity contribution < 1.29 is 35.4 Å². The molecule has 0 saturated carbocycles. The van der Waals surface area contributed by atoms with E-state index in [2.05, 4.69) is 0 Å². The molecule has 4 atom stereocenters. The number of benzene rings is 2. The lowest BCUT2D eigenvalue weighted by Gasteiger charge is -2.30. The number of aromatic hydroxyl groups is 1. The van der Waals surface area contributed by atoms with Gasteiger partial charge in [0, 0.05) is 38.6 Å². The highest BCUT2D eigenvalue weighted by Gasteiger charge is 2.32. The molecule has 0 radical (unpaired) electrons. The van der Waals surface area contributed by atoms with Gasteiger partial charge in [-0.05, 0) is 31.2 Å². The van der Waals surface area contributed by atoms with Crippen molar-refractivity contribution in [3.8, 4) is 5.75 Å². The first-order chi connectivity index (χ1) is 17.5. The number of carbonyl (C=O) groups is 1. The van der Waals surface area contributed by atoms with Gasteiger partial charge in [-0.25, -0.2) is 0 Å². The van der Waals surface area contributed by atoms with Crippen molar-refractivity contribution in [3.63, 3.8) is 0 Å². The third kappa shape index (κ3) is 5.45. The van der Waals surface area contributed by atoms with Gasteiger partial charge in [-0.2, -0.15) is 0 Å². The van der Waals surface area contributed by atoms with E-state index in [0.717, 1.165) is 0 Å². The van der Waals surface area contributed by atoms with Gasteiger partial charge >= 0.3 is 0 Å². The topological polar surface area (TPSA) is 167 Å². The third-order valence-corrected chi connectivity index (χ3v) is 6.41. The summed E-state index contributed by atoms with van der Waals surface area (Å²) in [7, 11) is 3.03. The quantitative estimate of drug-likeness (QED) is 0.214. The maximum absolute atomic E-state index is 13.5. The number of fused-ring (bicyclic) bond motifs is 1. The maximum Gasteiger partial charge on any atom is 0.267 e. The lowest BCUT2D eigenvalue weighted by Crippen LogP contribution is -2.49. The number of para-hydroxylation sites is 1. The Morgan fingerprint density at radius 1 is 0.973 bits per heavy atom. The molecular formula is C26H33N3O8. The number of likely N-dealkylation sites (N-methyl/N-ethyl adjacent to an activating group) is 1. The van der Waals surface area contributed by atoms with Crippen molar-refractivity contribution in [2.24, 2.45) is 7.05 Å². The van der Waals surface area contributed by atoms with E-state index in [1.54, 1.807) is 62.5 Å². The normalized spacial score (nSPS) is 14.7. The zero-order valence-corrected chi connectivity index (χ0v) is 20.9. The maximum atomic E-state index is 13.5. The van der Waals surface area contributed by atoms with Crippen LogP contribution in [0.2, 0.25) is 0 Å². The molecule has 0 unspecified atom stereocenters. The van der Waals surface area contributed by atoms with Gasteiger partial charge in [-0.1, -0.05) is 24.3 Å². The number of aryl methyl sites for hydroxylation is 1. The molecule has 200 valence electrons. The number of hydrogen-bond acceptors (Lipinski definition) is 9. The zero-order chi connectivity index (χ0) is 27.4. The van der Waals surface area contributed by atoms with Crippen LogP contribution < -0.4 is 15.4 Å². The number of nitrogens with zero attached hydrogens (tertiary/aromatic N) is 3. The molecule has 0 aliphatic carbocycles. The number of aromatic nitrogens is 1. The fraction of sp³-hybridized carbons (Fsp3) is 0.385. The predicted octanol–water partition coefficient (Wildman–Crippen LogP) is -0.217. The molecule has 1 amide bonds. The van der Waals surface area contributed by atoms with Crippen LogP contribution >= 0.6 is 0 Å². The summed E-state index contributed by atoms with van der Waals surface area (Å²) in [5.41, 5.74) is 0.134. The van der Waals surface area contributed by atoms with E-state index in [1.165, 1.54) is 21.4 Å². The van der Waals surface area contributed by atoms with Crippen LogP contribution in [0.5, 0.6) is 5.75 Å². The molecule has 0 aliphatic rings. The van der Waals surface area contributed by atoms with Crippen LogP contribution in [-0.2, 0) is 7.05 Å². The molecule has 0 spiro atoms. The number of rotatable bonds is 10. The number of carbonyl (C=O) groups excluding carboxylic acids is 1. The predicted molar refractivity (Wildman–Crippen MR) is 139 cm³/mol. The van der Waals surface area contributed by atoms with E-state index in [9.17, 15) is 35.1 Å². The van der Waals surface area contributed by atoms with Crippen molar-refractivity contribution in [2.45, 2.75) is 31.3 Å². The first kappa shape index (κ1) is 28.1. The van der Waals surface area contributed by atoms with E-state index in [-0.39, 0.29) is 18.5 Å². The van der Waals surface area contributed by atoms with Crippen LogP contribution in [0.3, 0.4) is 0 Å². The molecular weight excluding hydrogens is 482 g/mol. The van der Waals surface area contributed by atoms with E-state index in [4.69, 9.17) is 5.11 Å². The zero-order valence-electron chi connectivity index (χ0n) is 20.9. The van der Waals surface area contributed by atoms with Crippen LogP contribution in [-0.4, -0.2) is 92.3 Å². The average molecular weight is 516 g/mol. The molecule has 0 fully saturated rings. The number of anilines is 2. The molecule has 3 aromatic rings. The highest BCUT2D eigenvalue weighted by atomic mass is 16.4. The SMILES string of the molecule is CCN(C(=O)c1c(O)c2c(N(C)C[C@H](O)[C@@H](O)[C@@H](O)[C@H](O)CO)cccc2n(C)c1=O)c1ccccc1. The van der Waals surface area contributed by atoms with Gasteiger partial charge in [0.05, 0.1) is 23.6 Å². The van der Waals surface area contributed by atoms with Crippen molar-refractivity contribution >= 4 is 28.2 Å². The van der Waals surface area contributed by atoms with E-state index in [0.29, 0.717) is 16.9 Å². The molecule has 1 aromatic heterocycles. The Bertz CT molecular complexity index is 1300. The number of aliphatic hydroxyl groups is 5. The number of aliphatic hydroxyl groups excluding tert-OH is 5. The molecule has 2 aromatic carbocycles. The van der Waals surface area contributed by atoms with E-state index in [1.807, 2.05) is 0 Å². The molecule has 11 heteroatoms. The molecule has 0 aliphatic heterocycles. The molecule has 37 heavy (non-hydrogen) atoms. The number of amides is 1. The lowest BCUT2D eigenvalue weighted by atomic mass is 10.0. The standard InChI is InChI=1S/C26H33N3O8/c1-4-29(15-9-6-5-7-10-15)26(37)21-24(35)20-16(11-8-12-17(20)28(3)25(21)36)27(2)13-18(31)22(33)23(34)19(32)14-30/h5-12,18-19,22-23,30-35H,4,13-14H2,1-3H3/t18-,19+,22+,23-/m0/s1. The summed E-state index contributed by atoms with van der Waals surface area (Å²) in [6.45, 7) is 0.936. The second-order valence-corrected chi connectivity index (χ2v) is 8.82. The van der Waals surface area contributed by atoms with Gasteiger partial charge in [-0.3, -0.25) is 9.59 Å². The first-order valence-electron chi connectivity index (χ1n) is 11.8. The van der Waals surface area contributed by atoms with Crippen molar-refractivity contribution in [1.82, 2.24) is 4.57 Å². The minimum atomic E-state index is -1.79. The molecule has 0 bridgehead atoms. The molecule has 3 rings (SSSR count). The van der Waals surface area contributed by atoms with Gasteiger partial charge < -0.3 is 45.0 Å². The minimum absolute atomic E-state index is 0.178. The van der Waals surface area contributed by atoms with Gasteiger partial charge in [0.25, 0.3) is 11.5 Å². The van der Waals surface area contributed by atoms with Gasteiger partial charge in [0.2, 0.25) is 0 Å². The Balaban J connectivity index is 2.08. The summed E-state index contributed by atoms with van der Waals surface area (Å²) in [5.74, 6) is -1.20. The van der Waals surface area contributed by atoms with Gasteiger partial charge in [0.15, 0.2) is 0 Å². The Labute approximate surface area is 213 Å². The van der Waals surface area contributed by atoms with Crippen LogP contribution in [0.25, 0.3) is 10.9 Å². The van der Waals surface area contributed by atoms with Gasteiger partial charge in [0.1, 0.15) is 29.6 Å². The summed E-state index contributed by atoms with van der Waals surface area (Å²) >= 11 is 0. The van der Waals surface area contributed by atoms with Crippen LogP contribution in [0, 0.1) is 0 Å². The number of pyridine rings is 1. The summed E-state index contributed by atoms with van der Waals surface area (Å²) in [4.78, 5) is 29.6. The monoisotopic (exact) mass is 515 g/mol. The molecule has 0 saturated heterocycles. The minimum Gasteiger partial charge on any atom is -0.506 e. The van der Waals surface area contributed by atoms with E-state index >= 15 is 0 Å². The lowest BCUT2D eigenvalue weighted by molar-refractivity contribution is -0.112. The Morgan fingerprint density at radius 3 is 2.19 bits per heavy atom. The molecule has 1 heterocycles. The second-order valence-electron chi connectivity index (χ2n) is 8.82. The fourth-order valence-corrected chi connectivity index (χ4v) is 4.30. The summed E-state index contributed by atoms with van der Waals surface area (Å²) in [6.07, 6.45) is -6.78. The second kappa shape index (κ2) is 11.7. The highest BCUT2D eigenvalue weighted by molar-refractivity contribution is 6.12. The Hall–Kier alpha value is -3.48. The van der Waals surface area contributed by atoms with Crippen LogP contribution in [0.4, 0.5) is 11.4 Å². The third-order valence-electron chi connectivity index (χ3n) is 6.41. The fourth-order valence-electron chi connectivity index (χ4n) is 4.30. The van der Waals surface area contributed by atoms with Crippen LogP contribution in [0.1, 0.15) is 17.3 Å². The smallest absolute Gasteiger partial charge is 0.267 e. The Kier molecular flexibility index (Phi) is 8.89. The molecule has 11 nitrogen and oxygen atoms in total.